The highest BCUT2D eigenvalue weighted by molar-refractivity contribution is 6.06. The van der Waals surface area contributed by atoms with Gasteiger partial charge in [-0.15, -0.1) is 0 Å². The lowest BCUT2D eigenvalue weighted by Crippen LogP contribution is -1.89. The van der Waals surface area contributed by atoms with Gasteiger partial charge in [0, 0.05) is 43.9 Å². The van der Waals surface area contributed by atoms with Crippen LogP contribution in [0.3, 0.4) is 0 Å². The first-order valence-electron chi connectivity index (χ1n) is 8.93. The number of hydrogen-bond donors (Lipinski definition) is 1. The van der Waals surface area contributed by atoms with Gasteiger partial charge in [-0.2, -0.15) is 0 Å². The molecule has 0 atom stereocenters. The fourth-order valence-corrected chi connectivity index (χ4v) is 2.03. The highest BCUT2D eigenvalue weighted by atomic mass is 16.5. The summed E-state index contributed by atoms with van der Waals surface area (Å²) in [4.78, 5) is 41.2. The first kappa shape index (κ1) is 30.7. The van der Waals surface area contributed by atoms with Crippen LogP contribution in [-0.2, 0) is 23.9 Å². The van der Waals surface area contributed by atoms with Crippen LogP contribution in [0.15, 0.2) is 23.6 Å². The molecule has 2 N–H and O–H groups in total. The number of ketones is 4. The Kier molecular flexibility index (Phi) is 23.3. The molecule has 1 saturated carbocycles. The van der Waals surface area contributed by atoms with Crippen LogP contribution in [0.5, 0.6) is 0 Å². The topological polar surface area (TPSA) is 104 Å². The van der Waals surface area contributed by atoms with Crippen LogP contribution in [0.4, 0.5) is 0 Å². The van der Waals surface area contributed by atoms with Crippen molar-refractivity contribution in [3.05, 3.63) is 23.6 Å². The van der Waals surface area contributed by atoms with E-state index in [1.165, 1.54) is 26.5 Å². The molecule has 0 amide bonds. The first-order chi connectivity index (χ1) is 13.4. The number of carbonyl (C=O) groups excluding carboxylic acids is 4. The summed E-state index contributed by atoms with van der Waals surface area (Å²) in [5.41, 5.74) is 5.99. The van der Waals surface area contributed by atoms with E-state index in [1.54, 1.807) is 13.2 Å². The van der Waals surface area contributed by atoms with Gasteiger partial charge < -0.3 is 10.5 Å². The molecule has 0 bridgehead atoms. The number of hydrogen-bond acceptors (Lipinski definition) is 6. The predicted molar refractivity (Wildman–Crippen MR) is 115 cm³/mol. The second-order valence-electron chi connectivity index (χ2n) is 5.22. The molecule has 3 aliphatic carbocycles. The van der Waals surface area contributed by atoms with E-state index in [-0.39, 0.29) is 29.6 Å². The van der Waals surface area contributed by atoms with Crippen molar-refractivity contribution in [3.8, 4) is 0 Å². The van der Waals surface area contributed by atoms with Crippen LogP contribution in [-0.4, -0.2) is 53.8 Å². The van der Waals surface area contributed by atoms with E-state index < -0.39 is 0 Å². The minimum atomic E-state index is 0.102. The maximum Gasteiger partial charge on any atom is 0.159 e. The summed E-state index contributed by atoms with van der Waals surface area (Å²) in [6.45, 7) is 4.50. The molecule has 150 valence electrons. The van der Waals surface area contributed by atoms with Gasteiger partial charge in [0.15, 0.2) is 11.6 Å². The van der Waals surface area contributed by atoms with Gasteiger partial charge in [-0.05, 0) is 12.5 Å². The number of methoxy groups -OCH3 is 1. The zero-order chi connectivity index (χ0) is 22.5. The van der Waals surface area contributed by atoms with Gasteiger partial charge in [-0.25, -0.2) is 0 Å². The lowest BCUT2D eigenvalue weighted by atomic mass is 10.2. The molecule has 0 unspecified atom stereocenters. The molecule has 6 nitrogen and oxygen atoms in total. The van der Waals surface area contributed by atoms with Gasteiger partial charge in [0.1, 0.15) is 11.6 Å². The molecular formula is C19H30B3NO5. The highest BCUT2D eigenvalue weighted by Gasteiger charge is 2.17. The van der Waals surface area contributed by atoms with Crippen molar-refractivity contribution in [3.63, 3.8) is 0 Å². The van der Waals surface area contributed by atoms with Gasteiger partial charge in [0.25, 0.3) is 0 Å². The van der Waals surface area contributed by atoms with E-state index in [0.29, 0.717) is 25.7 Å². The number of Topliss-reactive ketones (excluding diaryl/α,β-unsaturated/α-hetero) is 2. The number of carbonyl (C=O) groups is 4. The van der Waals surface area contributed by atoms with Crippen molar-refractivity contribution in [2.75, 3.05) is 7.11 Å². The molecule has 0 aromatic carbocycles. The van der Waals surface area contributed by atoms with Crippen molar-refractivity contribution in [2.24, 2.45) is 5.73 Å². The Hall–Kier alpha value is -2.05. The second-order valence-corrected chi connectivity index (χ2v) is 5.22. The Balaban J connectivity index is -0.000000296. The molecule has 9 heteroatoms. The van der Waals surface area contributed by atoms with Crippen LogP contribution in [0, 0.1) is 0 Å². The summed E-state index contributed by atoms with van der Waals surface area (Å²) in [7, 11) is 15.1. The van der Waals surface area contributed by atoms with E-state index >= 15 is 0 Å². The SMILES string of the molecule is COC1=CC(=O)CC1.NC1=CC(=O)CC1.O=C1CCC(=O)C1.[B]C.[B]C.[B]C. The number of rotatable bonds is 1. The molecule has 6 radical (unpaired) electrons. The molecule has 0 aliphatic heterocycles. The Morgan fingerprint density at radius 1 is 0.714 bits per heavy atom. The van der Waals surface area contributed by atoms with E-state index in [4.69, 9.17) is 10.5 Å². The molecule has 0 aromatic heterocycles. The van der Waals surface area contributed by atoms with Crippen LogP contribution in [0.25, 0.3) is 0 Å². The van der Waals surface area contributed by atoms with Crippen LogP contribution in [0.1, 0.15) is 44.9 Å². The lowest BCUT2D eigenvalue weighted by Gasteiger charge is -1.93. The van der Waals surface area contributed by atoms with Gasteiger partial charge in [0.05, 0.1) is 42.8 Å². The molecule has 0 aromatic rings. The van der Waals surface area contributed by atoms with Crippen molar-refractivity contribution in [1.29, 1.82) is 0 Å². The van der Waals surface area contributed by atoms with E-state index in [9.17, 15) is 19.2 Å². The normalized spacial score (nSPS) is 16.1. The smallest absolute Gasteiger partial charge is 0.159 e. The fraction of sp³-hybridized carbons (Fsp3) is 0.579. The zero-order valence-corrected chi connectivity index (χ0v) is 17.5. The molecule has 0 heterocycles. The minimum absolute atomic E-state index is 0.102. The average Bonchev–Trinajstić information content (AvgIpc) is 3.43. The third-order valence-electron chi connectivity index (χ3n) is 3.29. The Bertz CT molecular complexity index is 532. The van der Waals surface area contributed by atoms with Crippen molar-refractivity contribution in [1.82, 2.24) is 0 Å². The third-order valence-corrected chi connectivity index (χ3v) is 3.29. The monoisotopic (exact) mass is 385 g/mol. The predicted octanol–water partition coefficient (Wildman–Crippen LogP) is 1.99. The second kappa shape index (κ2) is 21.3. The highest BCUT2D eigenvalue weighted by Crippen LogP contribution is 2.14. The van der Waals surface area contributed by atoms with E-state index in [2.05, 4.69) is 23.5 Å². The lowest BCUT2D eigenvalue weighted by molar-refractivity contribution is -0.121. The molecule has 28 heavy (non-hydrogen) atoms. The summed E-state index contributed by atoms with van der Waals surface area (Å²) in [6.07, 6.45) is 7.01. The quantitative estimate of drug-likeness (QED) is 0.547. The number of nitrogens with two attached hydrogens (primary N) is 1. The average molecular weight is 385 g/mol. The molecular weight excluding hydrogens is 355 g/mol. The fourth-order valence-electron chi connectivity index (χ4n) is 2.03. The van der Waals surface area contributed by atoms with Gasteiger partial charge >= 0.3 is 0 Å². The van der Waals surface area contributed by atoms with Crippen LogP contribution < -0.4 is 5.73 Å². The first-order valence-corrected chi connectivity index (χ1v) is 8.93. The molecule has 0 saturated heterocycles. The maximum absolute atomic E-state index is 10.5. The van der Waals surface area contributed by atoms with Gasteiger partial charge in [-0.1, -0.05) is 20.5 Å². The molecule has 3 rings (SSSR count). The van der Waals surface area contributed by atoms with E-state index in [0.717, 1.165) is 24.3 Å². The maximum atomic E-state index is 10.5. The summed E-state index contributed by atoms with van der Waals surface area (Å²) in [6, 6.07) is 0. The minimum Gasteiger partial charge on any atom is -0.501 e. The van der Waals surface area contributed by atoms with Gasteiger partial charge in [-0.3, -0.25) is 19.2 Å². The Morgan fingerprint density at radius 3 is 1.29 bits per heavy atom. The van der Waals surface area contributed by atoms with Crippen molar-refractivity contribution < 1.29 is 23.9 Å². The summed E-state index contributed by atoms with van der Waals surface area (Å²) in [5, 5.41) is 0. The number of allylic oxidation sites excluding steroid dienone is 4. The zero-order valence-electron chi connectivity index (χ0n) is 17.5. The Morgan fingerprint density at radius 2 is 1.14 bits per heavy atom. The van der Waals surface area contributed by atoms with Crippen molar-refractivity contribution >= 4 is 46.7 Å². The van der Waals surface area contributed by atoms with E-state index in [1.807, 2.05) is 0 Å². The third kappa shape index (κ3) is 17.4. The van der Waals surface area contributed by atoms with Crippen LogP contribution in [0.2, 0.25) is 20.5 Å². The summed E-state index contributed by atoms with van der Waals surface area (Å²) >= 11 is 0. The Labute approximate surface area is 172 Å². The van der Waals surface area contributed by atoms with Crippen molar-refractivity contribution in [2.45, 2.75) is 65.4 Å². The largest absolute Gasteiger partial charge is 0.501 e. The van der Waals surface area contributed by atoms with Gasteiger partial charge in [0.2, 0.25) is 0 Å². The summed E-state index contributed by atoms with van der Waals surface area (Å²) in [5.74, 6) is 1.37. The summed E-state index contributed by atoms with van der Waals surface area (Å²) < 4.78 is 4.82. The number of ether oxygens (including phenoxy) is 1. The molecule has 0 spiro atoms. The van der Waals surface area contributed by atoms with Crippen LogP contribution >= 0.6 is 0 Å². The molecule has 1 fully saturated rings. The molecule has 3 aliphatic rings. The standard InChI is InChI=1S/C6H8O2.C5H7NO.C5H6O2.3CH3B/c1-8-6-3-2-5(7)4-6;2*6-4-1-2-5(7)3-4;3*1-2/h4H,2-3H2,1H3;3H,1-2,6H2;1-3H2;3*1H3.